The van der Waals surface area contributed by atoms with Crippen LogP contribution in [-0.4, -0.2) is 28.9 Å². The van der Waals surface area contributed by atoms with Crippen molar-refractivity contribution in [3.05, 3.63) is 33.8 Å². The van der Waals surface area contributed by atoms with Crippen molar-refractivity contribution >= 4 is 39.0 Å². The van der Waals surface area contributed by atoms with E-state index in [0.717, 1.165) is 35.0 Å². The molecule has 1 aliphatic rings. The van der Waals surface area contributed by atoms with E-state index in [2.05, 4.69) is 15.9 Å². The summed E-state index contributed by atoms with van der Waals surface area (Å²) in [5, 5.41) is 0. The SMILES string of the molecule is Cc1cc(Br)cc(C(=O)N2CCCC(C(N)=S)C2)c1. The molecule has 0 aromatic heterocycles. The predicted octanol–water partition coefficient (Wildman–Crippen LogP) is 2.90. The molecule has 2 N–H and O–H groups in total. The number of piperidine rings is 1. The van der Waals surface area contributed by atoms with Crippen molar-refractivity contribution in [1.82, 2.24) is 4.90 Å². The first-order chi connectivity index (χ1) is 8.97. The summed E-state index contributed by atoms with van der Waals surface area (Å²) in [7, 11) is 0. The summed E-state index contributed by atoms with van der Waals surface area (Å²) in [6, 6.07) is 5.77. The lowest BCUT2D eigenvalue weighted by Crippen LogP contribution is -2.43. The van der Waals surface area contributed by atoms with Gasteiger partial charge in [0.15, 0.2) is 0 Å². The second kappa shape index (κ2) is 6.01. The molecule has 1 aromatic carbocycles. The first-order valence-electron chi connectivity index (χ1n) is 6.33. The van der Waals surface area contributed by atoms with E-state index in [1.54, 1.807) is 0 Å². The van der Waals surface area contributed by atoms with Crippen LogP contribution in [0, 0.1) is 12.8 Å². The molecule has 5 heteroatoms. The van der Waals surface area contributed by atoms with Crippen molar-refractivity contribution in [3.8, 4) is 0 Å². The summed E-state index contributed by atoms with van der Waals surface area (Å²) < 4.78 is 0.929. The molecule has 1 saturated heterocycles. The number of nitrogens with two attached hydrogens (primary N) is 1. The normalized spacial score (nSPS) is 19.3. The number of aryl methyl sites for hydroxylation is 1. The molecule has 0 aliphatic carbocycles. The Morgan fingerprint density at radius 2 is 2.21 bits per heavy atom. The van der Waals surface area contributed by atoms with Gasteiger partial charge in [-0.25, -0.2) is 0 Å². The van der Waals surface area contributed by atoms with Crippen molar-refractivity contribution < 1.29 is 4.79 Å². The molecule has 1 aliphatic heterocycles. The first kappa shape index (κ1) is 14.5. The summed E-state index contributed by atoms with van der Waals surface area (Å²) in [6.07, 6.45) is 1.94. The second-order valence-corrected chi connectivity index (χ2v) is 6.40. The van der Waals surface area contributed by atoms with Crippen molar-refractivity contribution in [1.29, 1.82) is 0 Å². The maximum absolute atomic E-state index is 12.5. The Kier molecular flexibility index (Phi) is 4.58. The van der Waals surface area contributed by atoms with Crippen LogP contribution in [-0.2, 0) is 0 Å². The summed E-state index contributed by atoms with van der Waals surface area (Å²) in [5.74, 6) is 0.214. The van der Waals surface area contributed by atoms with E-state index >= 15 is 0 Å². The van der Waals surface area contributed by atoms with E-state index in [1.165, 1.54) is 0 Å². The molecule has 1 fully saturated rings. The number of hydrogen-bond donors (Lipinski definition) is 1. The minimum absolute atomic E-state index is 0.0605. The predicted molar refractivity (Wildman–Crippen MR) is 84.3 cm³/mol. The van der Waals surface area contributed by atoms with E-state index in [4.69, 9.17) is 18.0 Å². The molecule has 0 saturated carbocycles. The van der Waals surface area contributed by atoms with Crippen LogP contribution >= 0.6 is 28.1 Å². The molecule has 19 heavy (non-hydrogen) atoms. The van der Waals surface area contributed by atoms with Crippen LogP contribution in [0.5, 0.6) is 0 Å². The highest BCUT2D eigenvalue weighted by atomic mass is 79.9. The van der Waals surface area contributed by atoms with E-state index in [9.17, 15) is 4.79 Å². The van der Waals surface area contributed by atoms with Gasteiger partial charge in [-0.1, -0.05) is 28.1 Å². The number of carbonyl (C=O) groups is 1. The van der Waals surface area contributed by atoms with Gasteiger partial charge in [0.2, 0.25) is 0 Å². The maximum atomic E-state index is 12.5. The number of rotatable bonds is 2. The second-order valence-electron chi connectivity index (χ2n) is 5.01. The number of amides is 1. The van der Waals surface area contributed by atoms with E-state index < -0.39 is 0 Å². The Bertz CT molecular complexity index is 498. The van der Waals surface area contributed by atoms with Gasteiger partial charge in [-0.3, -0.25) is 4.79 Å². The molecule has 0 bridgehead atoms. The number of nitrogens with zero attached hydrogens (tertiary/aromatic N) is 1. The van der Waals surface area contributed by atoms with Crippen molar-refractivity contribution in [3.63, 3.8) is 0 Å². The lowest BCUT2D eigenvalue weighted by atomic mass is 9.97. The van der Waals surface area contributed by atoms with Crippen LogP contribution in [0.15, 0.2) is 22.7 Å². The third kappa shape index (κ3) is 3.54. The molecule has 0 radical (unpaired) electrons. The number of likely N-dealkylation sites (tertiary alicyclic amines) is 1. The Labute approximate surface area is 127 Å². The van der Waals surface area contributed by atoms with Gasteiger partial charge >= 0.3 is 0 Å². The van der Waals surface area contributed by atoms with Crippen LogP contribution in [0.4, 0.5) is 0 Å². The van der Waals surface area contributed by atoms with Crippen molar-refractivity contribution in [2.24, 2.45) is 11.7 Å². The summed E-state index contributed by atoms with van der Waals surface area (Å²) in [6.45, 7) is 3.40. The third-order valence-electron chi connectivity index (χ3n) is 3.40. The van der Waals surface area contributed by atoms with Gasteiger partial charge in [-0.2, -0.15) is 0 Å². The van der Waals surface area contributed by atoms with Gasteiger partial charge in [-0.15, -0.1) is 0 Å². The number of halogens is 1. The van der Waals surface area contributed by atoms with Crippen LogP contribution in [0.2, 0.25) is 0 Å². The van der Waals surface area contributed by atoms with E-state index in [1.807, 2.05) is 30.0 Å². The molecule has 0 spiro atoms. The Morgan fingerprint density at radius 1 is 1.47 bits per heavy atom. The molecule has 1 aromatic rings. The van der Waals surface area contributed by atoms with Crippen LogP contribution in [0.25, 0.3) is 0 Å². The standard InChI is InChI=1S/C14H17BrN2OS/c1-9-5-11(7-12(15)6-9)14(18)17-4-2-3-10(8-17)13(16)19/h5-7,10H,2-4,8H2,1H3,(H2,16,19). The molecule has 1 unspecified atom stereocenters. The smallest absolute Gasteiger partial charge is 0.253 e. The summed E-state index contributed by atoms with van der Waals surface area (Å²) in [4.78, 5) is 14.9. The van der Waals surface area contributed by atoms with Crippen molar-refractivity contribution in [2.45, 2.75) is 19.8 Å². The highest BCUT2D eigenvalue weighted by molar-refractivity contribution is 9.10. The Morgan fingerprint density at radius 3 is 2.84 bits per heavy atom. The molecule has 1 amide bonds. The number of hydrogen-bond acceptors (Lipinski definition) is 2. The van der Waals surface area contributed by atoms with Gasteiger partial charge in [0.1, 0.15) is 0 Å². The fraction of sp³-hybridized carbons (Fsp3) is 0.429. The fourth-order valence-electron chi connectivity index (χ4n) is 2.44. The highest BCUT2D eigenvalue weighted by Gasteiger charge is 2.26. The number of thiocarbonyl (C=S) groups is 1. The summed E-state index contributed by atoms with van der Waals surface area (Å²) >= 11 is 8.47. The van der Waals surface area contributed by atoms with E-state index in [-0.39, 0.29) is 11.8 Å². The monoisotopic (exact) mass is 340 g/mol. The quantitative estimate of drug-likeness (QED) is 0.842. The van der Waals surface area contributed by atoms with Crippen LogP contribution in [0.3, 0.4) is 0 Å². The molecule has 3 nitrogen and oxygen atoms in total. The first-order valence-corrected chi connectivity index (χ1v) is 7.53. The van der Waals surface area contributed by atoms with Gasteiger partial charge in [0, 0.05) is 29.0 Å². The topological polar surface area (TPSA) is 46.3 Å². The van der Waals surface area contributed by atoms with Gasteiger partial charge < -0.3 is 10.6 Å². The van der Waals surface area contributed by atoms with Gasteiger partial charge in [-0.05, 0) is 43.5 Å². The molecule has 102 valence electrons. The molecule has 1 atom stereocenters. The lowest BCUT2D eigenvalue weighted by molar-refractivity contribution is 0.0703. The zero-order valence-corrected chi connectivity index (χ0v) is 13.3. The Hall–Kier alpha value is -0.940. The molecular formula is C14H17BrN2OS. The third-order valence-corrected chi connectivity index (χ3v) is 4.19. The number of benzene rings is 1. The molecule has 2 rings (SSSR count). The Balaban J connectivity index is 2.16. The highest BCUT2D eigenvalue weighted by Crippen LogP contribution is 2.21. The van der Waals surface area contributed by atoms with Crippen LogP contribution < -0.4 is 5.73 Å². The van der Waals surface area contributed by atoms with Gasteiger partial charge in [0.25, 0.3) is 5.91 Å². The summed E-state index contributed by atoms with van der Waals surface area (Å²) in [5.41, 5.74) is 7.49. The minimum atomic E-state index is 0.0605. The zero-order valence-electron chi connectivity index (χ0n) is 10.9. The van der Waals surface area contributed by atoms with Crippen molar-refractivity contribution in [2.75, 3.05) is 13.1 Å². The number of carbonyl (C=O) groups excluding carboxylic acids is 1. The average molecular weight is 341 g/mol. The lowest BCUT2D eigenvalue weighted by Gasteiger charge is -2.32. The molecular weight excluding hydrogens is 324 g/mol. The minimum Gasteiger partial charge on any atom is -0.393 e. The fourth-order valence-corrected chi connectivity index (χ4v) is 3.24. The largest absolute Gasteiger partial charge is 0.393 e. The zero-order chi connectivity index (χ0) is 14.0. The van der Waals surface area contributed by atoms with E-state index in [0.29, 0.717) is 11.5 Å². The molecule has 1 heterocycles. The maximum Gasteiger partial charge on any atom is 0.253 e. The van der Waals surface area contributed by atoms with Gasteiger partial charge in [0.05, 0.1) is 4.99 Å². The van der Waals surface area contributed by atoms with Crippen LogP contribution in [0.1, 0.15) is 28.8 Å². The average Bonchev–Trinajstić information content (AvgIpc) is 2.37.